The first-order valence-corrected chi connectivity index (χ1v) is 5.42. The molecule has 0 saturated carbocycles. The Balaban J connectivity index is 1.84. The van der Waals surface area contributed by atoms with Crippen molar-refractivity contribution < 1.29 is 26.7 Å². The molecule has 2 heterocycles. The summed E-state index contributed by atoms with van der Waals surface area (Å²) < 4.78 is 66.9. The topological polar surface area (TPSA) is 65.2 Å². The predicted molar refractivity (Wildman–Crippen MR) is 54.3 cm³/mol. The van der Waals surface area contributed by atoms with Crippen LogP contribution in [0.4, 0.5) is 22.0 Å². The van der Waals surface area contributed by atoms with Crippen molar-refractivity contribution in [2.24, 2.45) is 0 Å². The molecule has 6 nitrogen and oxygen atoms in total. The molecule has 2 aromatic rings. The normalized spacial score (nSPS) is 12.8. The van der Waals surface area contributed by atoms with Crippen LogP contribution in [0, 0.1) is 0 Å². The minimum absolute atomic E-state index is 0.0279. The molecule has 0 atom stereocenters. The summed E-state index contributed by atoms with van der Waals surface area (Å²) in [5, 5.41) is 14.1. The molecule has 0 fully saturated rings. The molecule has 0 amide bonds. The number of fused-ring (bicyclic) bond motifs is 1. The van der Waals surface area contributed by atoms with Crippen molar-refractivity contribution in [3.05, 3.63) is 12.1 Å². The molecule has 0 radical (unpaired) electrons. The van der Waals surface area contributed by atoms with Crippen molar-refractivity contribution >= 4 is 5.65 Å². The van der Waals surface area contributed by atoms with Gasteiger partial charge in [-0.3, -0.25) is 0 Å². The van der Waals surface area contributed by atoms with E-state index in [1.807, 2.05) is 0 Å². The zero-order chi connectivity index (χ0) is 14.8. The molecule has 0 aliphatic carbocycles. The third kappa shape index (κ3) is 3.08. The van der Waals surface area contributed by atoms with Crippen molar-refractivity contribution in [1.82, 2.24) is 25.3 Å². The number of hydrogen-bond acceptors (Lipinski definition) is 5. The first-order chi connectivity index (χ1) is 9.29. The number of nitrogens with zero attached hydrogens (tertiary/aromatic N) is 5. The van der Waals surface area contributed by atoms with Crippen LogP contribution in [0.25, 0.3) is 5.65 Å². The van der Waals surface area contributed by atoms with E-state index in [1.54, 1.807) is 0 Å². The Kier molecular flexibility index (Phi) is 3.68. The predicted octanol–water partition coefficient (Wildman–Crippen LogP) is 1.88. The van der Waals surface area contributed by atoms with E-state index in [2.05, 4.69) is 20.6 Å². The lowest BCUT2D eigenvalue weighted by molar-refractivity contribution is -0.284. The Morgan fingerprint density at radius 2 is 1.90 bits per heavy atom. The Bertz CT molecular complexity index is 583. The third-order valence-corrected chi connectivity index (χ3v) is 2.34. The second-order valence-electron chi connectivity index (χ2n) is 3.85. The molecule has 0 aromatic carbocycles. The average molecular weight is 297 g/mol. The maximum atomic E-state index is 12.6. The molecule has 0 aliphatic rings. The quantitative estimate of drug-likeness (QED) is 0.622. The fourth-order valence-corrected chi connectivity index (χ4v) is 1.32. The second-order valence-corrected chi connectivity index (χ2v) is 3.85. The van der Waals surface area contributed by atoms with Gasteiger partial charge >= 0.3 is 12.1 Å². The Labute approximate surface area is 108 Å². The van der Waals surface area contributed by atoms with E-state index >= 15 is 0 Å². The van der Waals surface area contributed by atoms with E-state index in [0.717, 1.165) is 4.63 Å². The second kappa shape index (κ2) is 5.13. The summed E-state index contributed by atoms with van der Waals surface area (Å²) in [6.45, 7) is -0.327. The number of tetrazole rings is 1. The van der Waals surface area contributed by atoms with Crippen molar-refractivity contribution in [2.75, 3.05) is 6.61 Å². The van der Waals surface area contributed by atoms with Crippen molar-refractivity contribution in [1.29, 1.82) is 0 Å². The van der Waals surface area contributed by atoms with Gasteiger partial charge in [-0.1, -0.05) is 0 Å². The summed E-state index contributed by atoms with van der Waals surface area (Å²) >= 11 is 0. The van der Waals surface area contributed by atoms with Crippen molar-refractivity contribution in [2.45, 2.75) is 24.9 Å². The lowest BCUT2D eigenvalue weighted by atomic mass is 10.2. The van der Waals surface area contributed by atoms with Crippen LogP contribution in [0.2, 0.25) is 0 Å². The molecule has 0 N–H and O–H groups in total. The van der Waals surface area contributed by atoms with Gasteiger partial charge in [-0.25, -0.2) is 0 Å². The van der Waals surface area contributed by atoms with E-state index in [0.29, 0.717) is 5.65 Å². The first kappa shape index (κ1) is 14.3. The number of rotatable bonds is 5. The first-order valence-electron chi connectivity index (χ1n) is 5.42. The molecule has 0 bridgehead atoms. The van der Waals surface area contributed by atoms with Crippen LogP contribution in [-0.2, 0) is 0 Å². The highest BCUT2D eigenvalue weighted by atomic mass is 19.4. The maximum Gasteiger partial charge on any atom is 0.453 e. The fourth-order valence-electron chi connectivity index (χ4n) is 1.32. The molecule has 110 valence electrons. The molecule has 0 spiro atoms. The summed E-state index contributed by atoms with van der Waals surface area (Å²) in [5.41, 5.74) is 0.348. The largest absolute Gasteiger partial charge is 0.477 e. The van der Waals surface area contributed by atoms with E-state index in [9.17, 15) is 22.0 Å². The summed E-state index contributed by atoms with van der Waals surface area (Å²) in [6, 6.07) is 2.85. The third-order valence-electron chi connectivity index (χ3n) is 2.34. The minimum Gasteiger partial charge on any atom is -0.477 e. The van der Waals surface area contributed by atoms with Crippen LogP contribution >= 0.6 is 0 Å². The SMILES string of the molecule is FC(F)(F)C(F)(F)CCCOc1ccc2nnnn2n1. The van der Waals surface area contributed by atoms with E-state index < -0.39 is 24.9 Å². The summed E-state index contributed by atoms with van der Waals surface area (Å²) in [6.07, 6.45) is -7.36. The van der Waals surface area contributed by atoms with Crippen molar-refractivity contribution in [3.63, 3.8) is 0 Å². The van der Waals surface area contributed by atoms with E-state index in [1.165, 1.54) is 12.1 Å². The molecule has 0 saturated heterocycles. The number of alkyl halides is 5. The van der Waals surface area contributed by atoms with Crippen LogP contribution in [0.1, 0.15) is 12.8 Å². The van der Waals surface area contributed by atoms with Gasteiger partial charge < -0.3 is 4.74 Å². The highest BCUT2D eigenvalue weighted by Gasteiger charge is 2.56. The van der Waals surface area contributed by atoms with Gasteiger partial charge in [0.15, 0.2) is 5.65 Å². The van der Waals surface area contributed by atoms with Crippen LogP contribution in [-0.4, -0.2) is 44.0 Å². The zero-order valence-corrected chi connectivity index (χ0v) is 9.81. The number of halogens is 5. The highest BCUT2D eigenvalue weighted by Crippen LogP contribution is 2.38. The van der Waals surface area contributed by atoms with Gasteiger partial charge in [-0.2, -0.15) is 22.0 Å². The van der Waals surface area contributed by atoms with Gasteiger partial charge in [-0.15, -0.1) is 14.8 Å². The summed E-state index contributed by atoms with van der Waals surface area (Å²) in [4.78, 5) is 0. The number of hydrogen-bond donors (Lipinski definition) is 0. The highest BCUT2D eigenvalue weighted by molar-refractivity contribution is 5.34. The van der Waals surface area contributed by atoms with Gasteiger partial charge in [0.05, 0.1) is 6.61 Å². The molecular formula is C9H8F5N5O. The molecular weight excluding hydrogens is 289 g/mol. The standard InChI is InChI=1S/C9H8F5N5O/c10-8(11,9(12,13)14)4-1-5-20-7-3-2-6-15-17-18-19(6)16-7/h2-3H,1,4-5H2. The zero-order valence-electron chi connectivity index (χ0n) is 9.81. The van der Waals surface area contributed by atoms with Crippen LogP contribution in [0.15, 0.2) is 12.1 Å². The van der Waals surface area contributed by atoms with Crippen LogP contribution in [0.3, 0.4) is 0 Å². The van der Waals surface area contributed by atoms with E-state index in [4.69, 9.17) is 4.74 Å². The molecule has 20 heavy (non-hydrogen) atoms. The van der Waals surface area contributed by atoms with E-state index in [-0.39, 0.29) is 12.5 Å². The summed E-state index contributed by atoms with van der Waals surface area (Å²) in [5.74, 6) is -4.69. The molecule has 11 heteroatoms. The van der Waals surface area contributed by atoms with Crippen LogP contribution in [0.5, 0.6) is 5.88 Å². The summed E-state index contributed by atoms with van der Waals surface area (Å²) in [7, 11) is 0. The Morgan fingerprint density at radius 3 is 2.60 bits per heavy atom. The molecule has 0 aliphatic heterocycles. The Hall–Kier alpha value is -2.07. The lowest BCUT2D eigenvalue weighted by Gasteiger charge is -2.19. The van der Waals surface area contributed by atoms with Crippen LogP contribution < -0.4 is 4.74 Å². The monoisotopic (exact) mass is 297 g/mol. The van der Waals surface area contributed by atoms with Gasteiger partial charge in [0.25, 0.3) is 0 Å². The number of ether oxygens (including phenoxy) is 1. The van der Waals surface area contributed by atoms with Crippen molar-refractivity contribution in [3.8, 4) is 5.88 Å². The minimum atomic E-state index is -5.55. The molecule has 0 unspecified atom stereocenters. The fraction of sp³-hybridized carbons (Fsp3) is 0.556. The Morgan fingerprint density at radius 1 is 1.15 bits per heavy atom. The van der Waals surface area contributed by atoms with Gasteiger partial charge in [0, 0.05) is 12.5 Å². The van der Waals surface area contributed by atoms with Gasteiger partial charge in [0.1, 0.15) is 0 Å². The van der Waals surface area contributed by atoms with Gasteiger partial charge in [0.2, 0.25) is 5.88 Å². The maximum absolute atomic E-state index is 12.6. The van der Waals surface area contributed by atoms with Gasteiger partial charge in [-0.05, 0) is 22.9 Å². The number of aromatic nitrogens is 5. The molecule has 2 aromatic heterocycles. The molecule has 2 rings (SSSR count). The smallest absolute Gasteiger partial charge is 0.453 e. The lowest BCUT2D eigenvalue weighted by Crippen LogP contribution is -2.36. The average Bonchev–Trinajstić information content (AvgIpc) is 2.80.